The lowest BCUT2D eigenvalue weighted by atomic mass is 10.1. The smallest absolute Gasteiger partial charge is 0.326 e. The summed E-state index contributed by atoms with van der Waals surface area (Å²) in [6, 6.07) is 8.96. The summed E-state index contributed by atoms with van der Waals surface area (Å²) in [4.78, 5) is 23.0. The van der Waals surface area contributed by atoms with Crippen molar-refractivity contribution in [3.05, 3.63) is 35.9 Å². The number of carbonyl (C=O) groups is 2. The van der Waals surface area contributed by atoms with Crippen LogP contribution >= 0.6 is 0 Å². The predicted molar refractivity (Wildman–Crippen MR) is 83.1 cm³/mol. The second kappa shape index (κ2) is 9.97. The fourth-order valence-electron chi connectivity index (χ4n) is 2.20. The van der Waals surface area contributed by atoms with Gasteiger partial charge in [0.05, 0.1) is 0 Å². The molecule has 0 bridgehead atoms. The second-order valence-electron chi connectivity index (χ2n) is 5.29. The summed E-state index contributed by atoms with van der Waals surface area (Å²) >= 11 is 0. The monoisotopic (exact) mass is 291 g/mol. The van der Waals surface area contributed by atoms with Crippen molar-refractivity contribution >= 4 is 11.9 Å². The molecule has 116 valence electrons. The normalized spacial score (nSPS) is 11.9. The second-order valence-corrected chi connectivity index (χ2v) is 5.29. The van der Waals surface area contributed by atoms with Crippen LogP contribution in [0.1, 0.15) is 51.0 Å². The Hall–Kier alpha value is -1.84. The van der Waals surface area contributed by atoms with E-state index in [4.69, 9.17) is 5.11 Å². The Morgan fingerprint density at radius 3 is 2.48 bits per heavy atom. The third-order valence-electron chi connectivity index (χ3n) is 3.46. The summed E-state index contributed by atoms with van der Waals surface area (Å²) in [6.45, 7) is 2.11. The molecule has 0 saturated carbocycles. The molecule has 2 N–H and O–H groups in total. The zero-order valence-corrected chi connectivity index (χ0v) is 12.7. The van der Waals surface area contributed by atoms with Crippen LogP contribution in [0, 0.1) is 0 Å². The Kier molecular flexibility index (Phi) is 8.17. The third-order valence-corrected chi connectivity index (χ3v) is 3.46. The molecule has 1 atom stereocenters. The lowest BCUT2D eigenvalue weighted by Crippen LogP contribution is -2.40. The quantitative estimate of drug-likeness (QED) is 0.651. The van der Waals surface area contributed by atoms with Gasteiger partial charge in [-0.25, -0.2) is 4.79 Å². The molecule has 1 amide bonds. The molecule has 0 unspecified atom stereocenters. The van der Waals surface area contributed by atoms with Gasteiger partial charge in [-0.3, -0.25) is 4.79 Å². The fraction of sp³-hybridized carbons (Fsp3) is 0.529. The molecule has 0 aromatic heterocycles. The molecular formula is C17H25NO3. The van der Waals surface area contributed by atoms with E-state index < -0.39 is 12.0 Å². The first-order valence-electron chi connectivity index (χ1n) is 7.69. The summed E-state index contributed by atoms with van der Waals surface area (Å²) in [5.41, 5.74) is 1.09. The van der Waals surface area contributed by atoms with E-state index in [1.165, 1.54) is 0 Å². The molecular weight excluding hydrogens is 266 g/mol. The SMILES string of the molecule is CCCCCC[C@H](NC(=O)CCc1ccccc1)C(=O)O. The molecule has 0 saturated heterocycles. The molecule has 1 aromatic rings. The number of carbonyl (C=O) groups excluding carboxylic acids is 1. The summed E-state index contributed by atoms with van der Waals surface area (Å²) in [7, 11) is 0. The van der Waals surface area contributed by atoms with E-state index in [-0.39, 0.29) is 5.91 Å². The molecule has 0 spiro atoms. The summed E-state index contributed by atoms with van der Waals surface area (Å²) in [5, 5.41) is 11.8. The van der Waals surface area contributed by atoms with Crippen LogP contribution in [0.5, 0.6) is 0 Å². The van der Waals surface area contributed by atoms with E-state index in [0.717, 1.165) is 31.2 Å². The zero-order valence-electron chi connectivity index (χ0n) is 12.7. The number of carboxylic acid groups (broad SMARTS) is 1. The number of hydrogen-bond acceptors (Lipinski definition) is 2. The summed E-state index contributed by atoms with van der Waals surface area (Å²) < 4.78 is 0. The summed E-state index contributed by atoms with van der Waals surface area (Å²) in [5.74, 6) is -1.14. The number of aliphatic carboxylic acids is 1. The van der Waals surface area contributed by atoms with Crippen LogP contribution in [0.15, 0.2) is 30.3 Å². The highest BCUT2D eigenvalue weighted by molar-refractivity contribution is 5.83. The Bertz CT molecular complexity index is 431. The average molecular weight is 291 g/mol. The number of aryl methyl sites for hydroxylation is 1. The van der Waals surface area contributed by atoms with Crippen molar-refractivity contribution in [2.75, 3.05) is 0 Å². The van der Waals surface area contributed by atoms with Crippen LogP contribution in [0.2, 0.25) is 0 Å². The number of amides is 1. The van der Waals surface area contributed by atoms with Crippen molar-refractivity contribution < 1.29 is 14.7 Å². The third kappa shape index (κ3) is 7.49. The van der Waals surface area contributed by atoms with Crippen LogP contribution < -0.4 is 5.32 Å². The van der Waals surface area contributed by atoms with E-state index in [2.05, 4.69) is 12.2 Å². The van der Waals surface area contributed by atoms with E-state index in [0.29, 0.717) is 19.3 Å². The molecule has 4 nitrogen and oxygen atoms in total. The first-order valence-corrected chi connectivity index (χ1v) is 7.69. The first-order chi connectivity index (χ1) is 10.1. The molecule has 1 aromatic carbocycles. The van der Waals surface area contributed by atoms with Gasteiger partial charge in [0, 0.05) is 6.42 Å². The minimum absolute atomic E-state index is 0.193. The maximum Gasteiger partial charge on any atom is 0.326 e. The van der Waals surface area contributed by atoms with Crippen LogP contribution in [-0.2, 0) is 16.0 Å². The van der Waals surface area contributed by atoms with E-state index in [1.807, 2.05) is 30.3 Å². The topological polar surface area (TPSA) is 66.4 Å². The molecule has 0 aliphatic heterocycles. The summed E-state index contributed by atoms with van der Waals surface area (Å²) in [6.07, 6.45) is 5.53. The first kappa shape index (κ1) is 17.2. The standard InChI is InChI=1S/C17H25NO3/c1-2-3-4-8-11-15(17(20)21)18-16(19)13-12-14-9-6-5-7-10-14/h5-7,9-10,15H,2-4,8,11-13H2,1H3,(H,18,19)(H,20,21)/t15-/m0/s1. The van der Waals surface area contributed by atoms with Gasteiger partial charge < -0.3 is 10.4 Å². The minimum atomic E-state index is -0.945. The molecule has 21 heavy (non-hydrogen) atoms. The molecule has 0 radical (unpaired) electrons. The van der Waals surface area contributed by atoms with Crippen LogP contribution in [0.3, 0.4) is 0 Å². The molecule has 0 fully saturated rings. The van der Waals surface area contributed by atoms with Crippen molar-refractivity contribution in [1.82, 2.24) is 5.32 Å². The maximum atomic E-state index is 11.8. The molecule has 0 heterocycles. The van der Waals surface area contributed by atoms with Gasteiger partial charge in [0.1, 0.15) is 6.04 Å². The molecule has 1 rings (SSSR count). The Labute approximate surface area is 126 Å². The fourth-order valence-corrected chi connectivity index (χ4v) is 2.20. The number of rotatable bonds is 10. The minimum Gasteiger partial charge on any atom is -0.480 e. The van der Waals surface area contributed by atoms with Crippen molar-refractivity contribution in [2.24, 2.45) is 0 Å². The Morgan fingerprint density at radius 2 is 1.86 bits per heavy atom. The largest absolute Gasteiger partial charge is 0.480 e. The van der Waals surface area contributed by atoms with Crippen molar-refractivity contribution in [2.45, 2.75) is 57.9 Å². The van der Waals surface area contributed by atoms with E-state index in [9.17, 15) is 9.59 Å². The Balaban J connectivity index is 2.33. The maximum absolute atomic E-state index is 11.8. The van der Waals surface area contributed by atoms with E-state index in [1.54, 1.807) is 0 Å². The van der Waals surface area contributed by atoms with Gasteiger partial charge in [-0.1, -0.05) is 62.9 Å². The predicted octanol–water partition coefficient (Wildman–Crippen LogP) is 3.16. The number of unbranched alkanes of at least 4 members (excludes halogenated alkanes) is 3. The van der Waals surface area contributed by atoms with Crippen molar-refractivity contribution in [3.63, 3.8) is 0 Å². The van der Waals surface area contributed by atoms with Gasteiger partial charge in [0.25, 0.3) is 0 Å². The number of nitrogens with one attached hydrogen (secondary N) is 1. The van der Waals surface area contributed by atoms with Crippen molar-refractivity contribution in [1.29, 1.82) is 0 Å². The van der Waals surface area contributed by atoms with Crippen LogP contribution in [0.25, 0.3) is 0 Å². The van der Waals surface area contributed by atoms with Crippen LogP contribution in [-0.4, -0.2) is 23.0 Å². The highest BCUT2D eigenvalue weighted by atomic mass is 16.4. The lowest BCUT2D eigenvalue weighted by molar-refractivity contribution is -0.142. The average Bonchev–Trinajstić information content (AvgIpc) is 2.49. The molecule has 0 aliphatic rings. The van der Waals surface area contributed by atoms with Gasteiger partial charge in [0.15, 0.2) is 0 Å². The number of hydrogen-bond donors (Lipinski definition) is 2. The van der Waals surface area contributed by atoms with Gasteiger partial charge in [-0.05, 0) is 18.4 Å². The van der Waals surface area contributed by atoms with Gasteiger partial charge in [-0.2, -0.15) is 0 Å². The van der Waals surface area contributed by atoms with Gasteiger partial charge >= 0.3 is 5.97 Å². The Morgan fingerprint density at radius 1 is 1.14 bits per heavy atom. The number of carboxylic acids is 1. The van der Waals surface area contributed by atoms with Crippen LogP contribution in [0.4, 0.5) is 0 Å². The zero-order chi connectivity index (χ0) is 15.5. The molecule has 4 heteroatoms. The molecule has 0 aliphatic carbocycles. The van der Waals surface area contributed by atoms with Crippen molar-refractivity contribution in [3.8, 4) is 0 Å². The highest BCUT2D eigenvalue weighted by Gasteiger charge is 2.18. The highest BCUT2D eigenvalue weighted by Crippen LogP contribution is 2.07. The number of benzene rings is 1. The lowest BCUT2D eigenvalue weighted by Gasteiger charge is -2.14. The van der Waals surface area contributed by atoms with Gasteiger partial charge in [0.2, 0.25) is 5.91 Å². The van der Waals surface area contributed by atoms with E-state index >= 15 is 0 Å². The van der Waals surface area contributed by atoms with Gasteiger partial charge in [-0.15, -0.1) is 0 Å².